The fraction of sp³-hybridized carbons (Fsp3) is 0.692. The first-order valence-electron chi connectivity index (χ1n) is 6.62. The van der Waals surface area contributed by atoms with Gasteiger partial charge >= 0.3 is 0 Å². The van der Waals surface area contributed by atoms with Crippen LogP contribution in [0.5, 0.6) is 0 Å². The van der Waals surface area contributed by atoms with Crippen LogP contribution < -0.4 is 10.6 Å². The fourth-order valence-corrected chi connectivity index (χ4v) is 2.76. The molecule has 0 saturated carbocycles. The Morgan fingerprint density at radius 2 is 2.44 bits per heavy atom. The largest absolute Gasteiger partial charge is 0.355 e. The molecule has 1 fully saturated rings. The quantitative estimate of drug-likeness (QED) is 0.815. The van der Waals surface area contributed by atoms with Crippen LogP contribution in [0.15, 0.2) is 5.38 Å². The highest BCUT2D eigenvalue weighted by atomic mass is 32.1. The predicted octanol–water partition coefficient (Wildman–Crippen LogP) is 1.22. The Morgan fingerprint density at radius 3 is 3.00 bits per heavy atom. The first-order valence-corrected chi connectivity index (χ1v) is 7.50. The van der Waals surface area contributed by atoms with Crippen molar-refractivity contribution >= 4 is 17.2 Å². The van der Waals surface area contributed by atoms with E-state index in [1.54, 1.807) is 11.3 Å². The lowest BCUT2D eigenvalue weighted by atomic mass is 9.88. The molecule has 0 radical (unpaired) electrons. The number of amides is 1. The third-order valence-electron chi connectivity index (χ3n) is 3.52. The molecule has 0 aliphatic carbocycles. The van der Waals surface area contributed by atoms with Crippen LogP contribution in [0.3, 0.4) is 0 Å². The lowest BCUT2D eigenvalue weighted by Gasteiger charge is -2.31. The van der Waals surface area contributed by atoms with Gasteiger partial charge in [-0.3, -0.25) is 4.79 Å². The molecule has 1 unspecified atom stereocenters. The zero-order valence-corrected chi connectivity index (χ0v) is 11.8. The molecular formula is C13H21N3OS. The summed E-state index contributed by atoms with van der Waals surface area (Å²) in [6.45, 7) is 6.76. The molecule has 100 valence electrons. The molecule has 1 atom stereocenters. The summed E-state index contributed by atoms with van der Waals surface area (Å²) in [5.41, 5.74) is 1.09. The summed E-state index contributed by atoms with van der Waals surface area (Å²) >= 11 is 1.70. The van der Waals surface area contributed by atoms with Gasteiger partial charge in [0, 0.05) is 24.3 Å². The summed E-state index contributed by atoms with van der Waals surface area (Å²) in [7, 11) is 0. The lowest BCUT2D eigenvalue weighted by molar-refractivity contribution is -0.126. The van der Waals surface area contributed by atoms with E-state index < -0.39 is 0 Å². The van der Waals surface area contributed by atoms with Crippen LogP contribution in [0.4, 0.5) is 0 Å². The molecular weight excluding hydrogens is 246 g/mol. The van der Waals surface area contributed by atoms with Crippen molar-refractivity contribution < 1.29 is 4.79 Å². The van der Waals surface area contributed by atoms with E-state index in [0.717, 1.165) is 31.6 Å². The Hall–Kier alpha value is -0.940. The average Bonchev–Trinajstić information content (AvgIpc) is 2.74. The van der Waals surface area contributed by atoms with Crippen LogP contribution in [0.1, 0.15) is 24.5 Å². The minimum atomic E-state index is 0.118. The van der Waals surface area contributed by atoms with E-state index >= 15 is 0 Å². The Morgan fingerprint density at radius 1 is 1.67 bits per heavy atom. The zero-order valence-electron chi connectivity index (χ0n) is 11.0. The third-order valence-corrected chi connectivity index (χ3v) is 4.56. The van der Waals surface area contributed by atoms with Gasteiger partial charge in [0.1, 0.15) is 0 Å². The standard InChI is InChI=1S/C13H21N3OS/c1-3-12-16-11(8-18-12)4-5-15-13(17)9(2)10-6-14-7-10/h8-10,14H,3-7H2,1-2H3,(H,15,17). The van der Waals surface area contributed by atoms with Crippen molar-refractivity contribution in [2.24, 2.45) is 11.8 Å². The SMILES string of the molecule is CCc1nc(CCNC(=O)C(C)C2CNC2)cs1. The number of thiazole rings is 1. The van der Waals surface area contributed by atoms with Gasteiger partial charge in [-0.1, -0.05) is 13.8 Å². The summed E-state index contributed by atoms with van der Waals surface area (Å²) in [6.07, 6.45) is 1.82. The van der Waals surface area contributed by atoms with Gasteiger partial charge in [0.2, 0.25) is 5.91 Å². The first-order chi connectivity index (χ1) is 8.70. The highest BCUT2D eigenvalue weighted by Gasteiger charge is 2.28. The second kappa shape index (κ2) is 6.29. The molecule has 2 heterocycles. The molecule has 1 aromatic rings. The number of aryl methyl sites for hydroxylation is 1. The van der Waals surface area contributed by atoms with Gasteiger partial charge < -0.3 is 10.6 Å². The number of aromatic nitrogens is 1. The normalized spacial score (nSPS) is 17.2. The second-order valence-electron chi connectivity index (χ2n) is 4.83. The number of carbonyl (C=O) groups is 1. The molecule has 2 rings (SSSR count). The van der Waals surface area contributed by atoms with E-state index in [-0.39, 0.29) is 11.8 Å². The maximum atomic E-state index is 11.9. The van der Waals surface area contributed by atoms with Crippen LogP contribution in [0, 0.1) is 11.8 Å². The Kier molecular flexibility index (Phi) is 4.72. The number of nitrogens with one attached hydrogen (secondary N) is 2. The minimum Gasteiger partial charge on any atom is -0.355 e. The smallest absolute Gasteiger partial charge is 0.223 e. The van der Waals surface area contributed by atoms with Crippen LogP contribution in [0.25, 0.3) is 0 Å². The average molecular weight is 267 g/mol. The molecule has 4 nitrogen and oxygen atoms in total. The van der Waals surface area contributed by atoms with Crippen molar-refractivity contribution in [3.8, 4) is 0 Å². The number of rotatable bonds is 6. The summed E-state index contributed by atoms with van der Waals surface area (Å²) < 4.78 is 0. The molecule has 0 bridgehead atoms. The lowest BCUT2D eigenvalue weighted by Crippen LogP contribution is -2.49. The molecule has 0 aromatic carbocycles. The highest BCUT2D eigenvalue weighted by molar-refractivity contribution is 7.09. The van der Waals surface area contributed by atoms with E-state index in [2.05, 4.69) is 27.9 Å². The molecule has 1 amide bonds. The van der Waals surface area contributed by atoms with Gasteiger partial charge in [-0.15, -0.1) is 11.3 Å². The number of carbonyl (C=O) groups excluding carboxylic acids is 1. The van der Waals surface area contributed by atoms with E-state index in [1.807, 2.05) is 6.92 Å². The molecule has 1 aromatic heterocycles. The molecule has 1 aliphatic heterocycles. The molecule has 18 heavy (non-hydrogen) atoms. The van der Waals surface area contributed by atoms with Gasteiger partial charge in [0.05, 0.1) is 10.7 Å². The minimum absolute atomic E-state index is 0.118. The van der Waals surface area contributed by atoms with Crippen molar-refractivity contribution in [3.63, 3.8) is 0 Å². The summed E-state index contributed by atoms with van der Waals surface area (Å²) in [5, 5.41) is 9.46. The number of nitrogens with zero attached hydrogens (tertiary/aromatic N) is 1. The van der Waals surface area contributed by atoms with E-state index in [4.69, 9.17) is 0 Å². The van der Waals surface area contributed by atoms with Gasteiger partial charge in [0.15, 0.2) is 0 Å². The Labute approximate surface area is 112 Å². The van der Waals surface area contributed by atoms with Gasteiger partial charge in [0.25, 0.3) is 0 Å². The van der Waals surface area contributed by atoms with Crippen molar-refractivity contribution in [2.75, 3.05) is 19.6 Å². The van der Waals surface area contributed by atoms with Crippen molar-refractivity contribution in [1.29, 1.82) is 0 Å². The van der Waals surface area contributed by atoms with Crippen molar-refractivity contribution in [3.05, 3.63) is 16.1 Å². The van der Waals surface area contributed by atoms with Crippen molar-refractivity contribution in [2.45, 2.75) is 26.7 Å². The molecule has 5 heteroatoms. The molecule has 1 aliphatic rings. The highest BCUT2D eigenvalue weighted by Crippen LogP contribution is 2.15. The molecule has 2 N–H and O–H groups in total. The maximum Gasteiger partial charge on any atom is 0.223 e. The maximum absolute atomic E-state index is 11.9. The monoisotopic (exact) mass is 267 g/mol. The van der Waals surface area contributed by atoms with Crippen molar-refractivity contribution in [1.82, 2.24) is 15.6 Å². The Balaban J connectivity index is 1.69. The summed E-state index contributed by atoms with van der Waals surface area (Å²) in [4.78, 5) is 16.4. The molecule has 0 spiro atoms. The summed E-state index contributed by atoms with van der Waals surface area (Å²) in [5.74, 6) is 0.802. The third kappa shape index (κ3) is 3.29. The topological polar surface area (TPSA) is 54.0 Å². The Bertz CT molecular complexity index is 401. The van der Waals surface area contributed by atoms with Gasteiger partial charge in [-0.25, -0.2) is 4.98 Å². The molecule has 1 saturated heterocycles. The van der Waals surface area contributed by atoms with E-state index in [9.17, 15) is 4.79 Å². The number of hydrogen-bond donors (Lipinski definition) is 2. The predicted molar refractivity (Wildman–Crippen MR) is 73.7 cm³/mol. The van der Waals surface area contributed by atoms with Crippen LogP contribution in [-0.2, 0) is 17.6 Å². The summed E-state index contributed by atoms with van der Waals surface area (Å²) in [6, 6.07) is 0. The first kappa shape index (κ1) is 13.5. The number of hydrogen-bond acceptors (Lipinski definition) is 4. The van der Waals surface area contributed by atoms with Crippen LogP contribution in [-0.4, -0.2) is 30.5 Å². The van der Waals surface area contributed by atoms with Crippen LogP contribution >= 0.6 is 11.3 Å². The van der Waals surface area contributed by atoms with Gasteiger partial charge in [-0.2, -0.15) is 0 Å². The van der Waals surface area contributed by atoms with Gasteiger partial charge in [-0.05, 0) is 25.4 Å². The van der Waals surface area contributed by atoms with E-state index in [0.29, 0.717) is 12.5 Å². The van der Waals surface area contributed by atoms with E-state index in [1.165, 1.54) is 5.01 Å². The second-order valence-corrected chi connectivity index (χ2v) is 5.78. The zero-order chi connectivity index (χ0) is 13.0. The fourth-order valence-electron chi connectivity index (χ4n) is 1.98. The van der Waals surface area contributed by atoms with Crippen LogP contribution in [0.2, 0.25) is 0 Å².